The molecule has 0 aliphatic rings. The van der Waals surface area contributed by atoms with Gasteiger partial charge in [-0.3, -0.25) is 0 Å². The summed E-state index contributed by atoms with van der Waals surface area (Å²) < 4.78 is 1.99. The van der Waals surface area contributed by atoms with Crippen LogP contribution in [0, 0.1) is 0 Å². The van der Waals surface area contributed by atoms with Gasteiger partial charge in [0.1, 0.15) is 10.6 Å². The van der Waals surface area contributed by atoms with Gasteiger partial charge in [-0.2, -0.15) is 4.98 Å². The van der Waals surface area contributed by atoms with Crippen LogP contribution in [0.25, 0.3) is 10.2 Å². The van der Waals surface area contributed by atoms with E-state index >= 15 is 0 Å². The summed E-state index contributed by atoms with van der Waals surface area (Å²) in [5, 5.41) is 9.37. The van der Waals surface area contributed by atoms with E-state index in [1.54, 1.807) is 11.3 Å². The number of hydrogen-bond donors (Lipinski definition) is 2. The molecule has 0 fully saturated rings. The van der Waals surface area contributed by atoms with Gasteiger partial charge < -0.3 is 10.6 Å². The van der Waals surface area contributed by atoms with Gasteiger partial charge in [0.05, 0.1) is 11.1 Å². The van der Waals surface area contributed by atoms with Crippen molar-refractivity contribution in [2.75, 3.05) is 17.7 Å². The number of thiophene rings is 1. The summed E-state index contributed by atoms with van der Waals surface area (Å²) in [4.78, 5) is 9.88. The Labute approximate surface area is 136 Å². The van der Waals surface area contributed by atoms with Crippen molar-refractivity contribution in [2.24, 2.45) is 0 Å². The van der Waals surface area contributed by atoms with Crippen LogP contribution in [0.3, 0.4) is 0 Å². The second-order valence-electron chi connectivity index (χ2n) is 4.03. The van der Waals surface area contributed by atoms with Crippen molar-refractivity contribution in [1.29, 1.82) is 0 Å². The fourth-order valence-corrected chi connectivity index (χ4v) is 3.25. The van der Waals surface area contributed by atoms with E-state index in [1.807, 2.05) is 36.7 Å². The van der Waals surface area contributed by atoms with Crippen LogP contribution < -0.4 is 10.6 Å². The predicted octanol–water partition coefficient (Wildman–Crippen LogP) is 5.00. The quantitative estimate of drug-likeness (QED) is 0.634. The van der Waals surface area contributed by atoms with E-state index in [4.69, 9.17) is 0 Å². The molecule has 0 aliphatic heterocycles. The van der Waals surface area contributed by atoms with Gasteiger partial charge in [0, 0.05) is 16.0 Å². The molecule has 0 bridgehead atoms. The zero-order valence-electron chi connectivity index (χ0n) is 10.4. The third-order valence-corrected chi connectivity index (χ3v) is 4.72. The molecule has 3 rings (SSSR count). The Morgan fingerprint density at radius 3 is 2.80 bits per heavy atom. The highest BCUT2D eigenvalue weighted by Gasteiger charge is 2.10. The average molecular weight is 414 g/mol. The normalized spacial score (nSPS) is 10.8. The van der Waals surface area contributed by atoms with Crippen LogP contribution in [-0.2, 0) is 0 Å². The Morgan fingerprint density at radius 1 is 1.15 bits per heavy atom. The summed E-state index contributed by atoms with van der Waals surface area (Å²) in [5.41, 5.74) is 0.952. The summed E-state index contributed by atoms with van der Waals surface area (Å²) in [7, 11) is 1.81. The first-order valence-electron chi connectivity index (χ1n) is 5.82. The van der Waals surface area contributed by atoms with Crippen molar-refractivity contribution in [3.8, 4) is 0 Å². The molecular weight excluding hydrogens is 404 g/mol. The van der Waals surface area contributed by atoms with Crippen molar-refractivity contribution in [3.05, 3.63) is 38.6 Å². The van der Waals surface area contributed by atoms with Gasteiger partial charge in [0.2, 0.25) is 5.95 Å². The lowest BCUT2D eigenvalue weighted by atomic mass is 10.3. The molecule has 1 aromatic carbocycles. The number of nitrogens with zero attached hydrogens (tertiary/aromatic N) is 2. The molecule has 0 radical (unpaired) electrons. The molecule has 2 heterocycles. The minimum Gasteiger partial charge on any atom is -0.357 e. The van der Waals surface area contributed by atoms with Gasteiger partial charge in [-0.1, -0.05) is 15.9 Å². The number of fused-ring (bicyclic) bond motifs is 1. The van der Waals surface area contributed by atoms with Crippen LogP contribution in [0.15, 0.2) is 38.6 Å². The Hall–Kier alpha value is -1.18. The zero-order chi connectivity index (χ0) is 14.1. The first kappa shape index (κ1) is 13.8. The van der Waals surface area contributed by atoms with E-state index in [-0.39, 0.29) is 0 Å². The van der Waals surface area contributed by atoms with Crippen LogP contribution in [0.4, 0.5) is 17.5 Å². The van der Waals surface area contributed by atoms with Crippen molar-refractivity contribution < 1.29 is 0 Å². The molecule has 0 saturated heterocycles. The minimum atomic E-state index is 0.605. The van der Waals surface area contributed by atoms with E-state index in [2.05, 4.69) is 52.5 Å². The molecule has 0 atom stereocenters. The van der Waals surface area contributed by atoms with Crippen molar-refractivity contribution >= 4 is 70.9 Å². The second-order valence-corrected chi connectivity index (χ2v) is 6.70. The van der Waals surface area contributed by atoms with Gasteiger partial charge in [0.15, 0.2) is 0 Å². The highest BCUT2D eigenvalue weighted by atomic mass is 79.9. The Bertz CT molecular complexity index is 772. The molecule has 20 heavy (non-hydrogen) atoms. The van der Waals surface area contributed by atoms with Crippen LogP contribution >= 0.6 is 43.2 Å². The molecule has 7 heteroatoms. The number of nitrogens with one attached hydrogen (secondary N) is 2. The molecule has 0 unspecified atom stereocenters. The second kappa shape index (κ2) is 5.67. The molecule has 3 aromatic rings. The Balaban J connectivity index is 2.09. The number of benzene rings is 1. The number of anilines is 3. The van der Waals surface area contributed by atoms with Crippen LogP contribution in [0.2, 0.25) is 0 Å². The van der Waals surface area contributed by atoms with E-state index in [0.717, 1.165) is 30.7 Å². The van der Waals surface area contributed by atoms with Crippen LogP contribution in [0.1, 0.15) is 0 Å². The number of halogens is 2. The van der Waals surface area contributed by atoms with Crippen LogP contribution in [0.5, 0.6) is 0 Å². The average Bonchev–Trinajstić information content (AvgIpc) is 2.91. The predicted molar refractivity (Wildman–Crippen MR) is 92.1 cm³/mol. The number of rotatable bonds is 3. The highest BCUT2D eigenvalue weighted by molar-refractivity contribution is 9.11. The molecule has 2 aromatic heterocycles. The lowest BCUT2D eigenvalue weighted by Gasteiger charge is -2.10. The van der Waals surface area contributed by atoms with Crippen molar-refractivity contribution in [1.82, 2.24) is 9.97 Å². The fourth-order valence-electron chi connectivity index (χ4n) is 1.78. The highest BCUT2D eigenvalue weighted by Crippen LogP contribution is 2.32. The van der Waals surface area contributed by atoms with Crippen molar-refractivity contribution in [2.45, 2.75) is 0 Å². The van der Waals surface area contributed by atoms with Gasteiger partial charge in [-0.05, 0) is 45.6 Å². The molecule has 0 spiro atoms. The van der Waals surface area contributed by atoms with E-state index in [0.29, 0.717) is 5.95 Å². The number of aromatic nitrogens is 2. The maximum atomic E-state index is 4.49. The smallest absolute Gasteiger partial charge is 0.225 e. The monoisotopic (exact) mass is 412 g/mol. The van der Waals surface area contributed by atoms with E-state index in [9.17, 15) is 0 Å². The van der Waals surface area contributed by atoms with Crippen LogP contribution in [-0.4, -0.2) is 17.0 Å². The maximum absolute atomic E-state index is 4.49. The lowest BCUT2D eigenvalue weighted by Crippen LogP contribution is -2.01. The van der Waals surface area contributed by atoms with E-state index < -0.39 is 0 Å². The third-order valence-electron chi connectivity index (χ3n) is 2.73. The lowest BCUT2D eigenvalue weighted by molar-refractivity contribution is 1.20. The van der Waals surface area contributed by atoms with Gasteiger partial charge in [-0.25, -0.2) is 4.98 Å². The largest absolute Gasteiger partial charge is 0.357 e. The summed E-state index contributed by atoms with van der Waals surface area (Å²) >= 11 is 8.61. The molecular formula is C13H10Br2N4S. The molecule has 4 nitrogen and oxygen atoms in total. The standard InChI is InChI=1S/C13H10Br2N4S/c1-16-13-18-11(8-4-5-20-12(8)19-13)17-10-6-7(14)2-3-9(10)15/h2-6H,1H3,(H2,16,17,18,19). The Kier molecular flexibility index (Phi) is 3.91. The maximum Gasteiger partial charge on any atom is 0.225 e. The summed E-state index contributed by atoms with van der Waals surface area (Å²) in [6, 6.07) is 7.99. The first-order valence-corrected chi connectivity index (χ1v) is 8.29. The summed E-state index contributed by atoms with van der Waals surface area (Å²) in [6.45, 7) is 0. The molecule has 0 aliphatic carbocycles. The Morgan fingerprint density at radius 2 is 2.00 bits per heavy atom. The summed E-state index contributed by atoms with van der Waals surface area (Å²) in [6.07, 6.45) is 0. The molecule has 0 saturated carbocycles. The SMILES string of the molecule is CNc1nc(Nc2cc(Br)ccc2Br)c2ccsc2n1. The molecule has 2 N–H and O–H groups in total. The van der Waals surface area contributed by atoms with Crippen molar-refractivity contribution in [3.63, 3.8) is 0 Å². The minimum absolute atomic E-state index is 0.605. The molecule has 0 amide bonds. The topological polar surface area (TPSA) is 49.8 Å². The third kappa shape index (κ3) is 2.65. The van der Waals surface area contributed by atoms with Gasteiger partial charge >= 0.3 is 0 Å². The molecule has 102 valence electrons. The fraction of sp³-hybridized carbons (Fsp3) is 0.0769. The van der Waals surface area contributed by atoms with Gasteiger partial charge in [0.25, 0.3) is 0 Å². The zero-order valence-corrected chi connectivity index (χ0v) is 14.4. The summed E-state index contributed by atoms with van der Waals surface area (Å²) in [5.74, 6) is 1.40. The van der Waals surface area contributed by atoms with E-state index in [1.165, 1.54) is 0 Å². The number of hydrogen-bond acceptors (Lipinski definition) is 5. The van der Waals surface area contributed by atoms with Gasteiger partial charge in [-0.15, -0.1) is 11.3 Å². The first-order chi connectivity index (χ1) is 9.67.